The summed E-state index contributed by atoms with van der Waals surface area (Å²) in [5, 5.41) is 0. The molecule has 0 spiro atoms. The van der Waals surface area contributed by atoms with E-state index in [2.05, 4.69) is 27.7 Å². The molecule has 0 nitrogen and oxygen atoms in total. The number of rotatable bonds is 0. The smallest absolute Gasteiger partial charge is 0.0256 e. The van der Waals surface area contributed by atoms with Gasteiger partial charge in [0.1, 0.15) is 0 Å². The Morgan fingerprint density at radius 1 is 1.22 bits per heavy atom. The zero-order valence-electron chi connectivity index (χ0n) is 6.86. The minimum atomic E-state index is 0.689. The molecule has 52 valence electrons. The Hall–Kier alpha value is 0. The van der Waals surface area contributed by atoms with Crippen molar-refractivity contribution in [1.29, 1.82) is 0 Å². The summed E-state index contributed by atoms with van der Waals surface area (Å²) in [4.78, 5) is 0. The first-order chi connectivity index (χ1) is 3.98. The highest BCUT2D eigenvalue weighted by Gasteiger charge is 2.73. The highest BCUT2D eigenvalue weighted by molar-refractivity contribution is 5.21. The summed E-state index contributed by atoms with van der Waals surface area (Å²) in [6.45, 7) is 9.65. The fraction of sp³-hybridized carbons (Fsp3) is 1.00. The van der Waals surface area contributed by atoms with E-state index in [-0.39, 0.29) is 0 Å². The molecule has 0 aliphatic heterocycles. The molecule has 2 rings (SSSR count). The molecule has 2 saturated carbocycles. The fourth-order valence-corrected chi connectivity index (χ4v) is 3.60. The van der Waals surface area contributed by atoms with Gasteiger partial charge in [0.05, 0.1) is 0 Å². The third kappa shape index (κ3) is 0.426. The van der Waals surface area contributed by atoms with Crippen molar-refractivity contribution >= 4 is 0 Å². The lowest BCUT2D eigenvalue weighted by molar-refractivity contribution is 0.0985. The summed E-state index contributed by atoms with van der Waals surface area (Å²) in [5.74, 6) is 2.08. The van der Waals surface area contributed by atoms with Crippen molar-refractivity contribution in [3.8, 4) is 0 Å². The highest BCUT2D eigenvalue weighted by Crippen LogP contribution is 2.79. The maximum Gasteiger partial charge on any atom is -0.0256 e. The van der Waals surface area contributed by atoms with Gasteiger partial charge in [-0.25, -0.2) is 0 Å². The molecule has 0 heteroatoms. The quantitative estimate of drug-likeness (QED) is 0.465. The van der Waals surface area contributed by atoms with Crippen LogP contribution in [-0.2, 0) is 0 Å². The molecule has 0 aromatic heterocycles. The van der Waals surface area contributed by atoms with Gasteiger partial charge in [-0.3, -0.25) is 0 Å². The van der Waals surface area contributed by atoms with Crippen LogP contribution in [0, 0.1) is 22.7 Å². The largest absolute Gasteiger partial charge is 0.0617 e. The molecule has 0 aromatic carbocycles. The van der Waals surface area contributed by atoms with Crippen molar-refractivity contribution in [2.45, 2.75) is 34.1 Å². The molecule has 3 atom stereocenters. The summed E-state index contributed by atoms with van der Waals surface area (Å²) in [5.41, 5.74) is 1.47. The first-order valence-corrected chi connectivity index (χ1v) is 3.98. The number of hydrogen-bond acceptors (Lipinski definition) is 0. The van der Waals surface area contributed by atoms with Gasteiger partial charge in [0.15, 0.2) is 0 Å². The van der Waals surface area contributed by atoms with E-state index in [1.807, 2.05) is 0 Å². The van der Waals surface area contributed by atoms with Gasteiger partial charge in [0, 0.05) is 0 Å². The first-order valence-electron chi connectivity index (χ1n) is 3.98. The van der Waals surface area contributed by atoms with Crippen LogP contribution >= 0.6 is 0 Å². The van der Waals surface area contributed by atoms with Gasteiger partial charge >= 0.3 is 0 Å². The highest BCUT2D eigenvalue weighted by atomic mass is 14.8. The predicted molar refractivity (Wildman–Crippen MR) is 39.2 cm³/mol. The van der Waals surface area contributed by atoms with Crippen LogP contribution in [-0.4, -0.2) is 0 Å². The van der Waals surface area contributed by atoms with Crippen molar-refractivity contribution in [1.82, 2.24) is 0 Å². The SMILES string of the molecule is CC1C2C(C)(C)CC12C. The van der Waals surface area contributed by atoms with Gasteiger partial charge in [0.25, 0.3) is 0 Å². The minimum absolute atomic E-state index is 0.689. The maximum absolute atomic E-state index is 2.44. The van der Waals surface area contributed by atoms with Gasteiger partial charge in [-0.15, -0.1) is 0 Å². The molecular formula is C9H16. The van der Waals surface area contributed by atoms with Gasteiger partial charge < -0.3 is 0 Å². The molecule has 2 aliphatic carbocycles. The molecule has 0 radical (unpaired) electrons. The van der Waals surface area contributed by atoms with Gasteiger partial charge in [-0.05, 0) is 29.1 Å². The van der Waals surface area contributed by atoms with Crippen LogP contribution in [0.15, 0.2) is 0 Å². The monoisotopic (exact) mass is 124 g/mol. The Labute approximate surface area is 57.6 Å². The molecule has 0 heterocycles. The van der Waals surface area contributed by atoms with Gasteiger partial charge in [0.2, 0.25) is 0 Å². The van der Waals surface area contributed by atoms with Crippen LogP contribution in [0.1, 0.15) is 34.1 Å². The molecule has 0 bridgehead atoms. The topological polar surface area (TPSA) is 0 Å². The van der Waals surface area contributed by atoms with E-state index in [0.29, 0.717) is 5.41 Å². The maximum atomic E-state index is 2.44. The third-order valence-electron chi connectivity index (χ3n) is 3.82. The molecule has 0 aromatic rings. The Balaban J connectivity index is 2.19. The Morgan fingerprint density at radius 2 is 1.78 bits per heavy atom. The molecule has 0 amide bonds. The Morgan fingerprint density at radius 3 is 1.78 bits per heavy atom. The summed E-state index contributed by atoms with van der Waals surface area (Å²) in [6, 6.07) is 0. The van der Waals surface area contributed by atoms with Crippen LogP contribution in [0.2, 0.25) is 0 Å². The molecule has 2 aliphatic rings. The van der Waals surface area contributed by atoms with Crippen molar-refractivity contribution in [3.63, 3.8) is 0 Å². The fourth-order valence-electron chi connectivity index (χ4n) is 3.60. The van der Waals surface area contributed by atoms with E-state index in [1.165, 1.54) is 6.42 Å². The van der Waals surface area contributed by atoms with Crippen LogP contribution < -0.4 is 0 Å². The molecule has 0 saturated heterocycles. The van der Waals surface area contributed by atoms with E-state index >= 15 is 0 Å². The lowest BCUT2D eigenvalue weighted by Crippen LogP contribution is -2.31. The molecule has 0 N–H and O–H groups in total. The molecular weight excluding hydrogens is 108 g/mol. The van der Waals surface area contributed by atoms with E-state index in [4.69, 9.17) is 0 Å². The van der Waals surface area contributed by atoms with Gasteiger partial charge in [-0.2, -0.15) is 0 Å². The lowest BCUT2D eigenvalue weighted by Gasteiger charge is -2.39. The molecule has 2 fully saturated rings. The van der Waals surface area contributed by atoms with Crippen LogP contribution in [0.3, 0.4) is 0 Å². The number of hydrogen-bond donors (Lipinski definition) is 0. The van der Waals surface area contributed by atoms with Crippen molar-refractivity contribution in [2.75, 3.05) is 0 Å². The Kier molecular flexibility index (Phi) is 0.695. The lowest BCUT2D eigenvalue weighted by atomic mass is 9.65. The summed E-state index contributed by atoms with van der Waals surface area (Å²) in [7, 11) is 0. The van der Waals surface area contributed by atoms with E-state index in [0.717, 1.165) is 17.3 Å². The second kappa shape index (κ2) is 1.09. The van der Waals surface area contributed by atoms with Gasteiger partial charge in [-0.1, -0.05) is 27.7 Å². The molecule has 9 heavy (non-hydrogen) atoms. The van der Waals surface area contributed by atoms with Crippen LogP contribution in [0.25, 0.3) is 0 Å². The normalized spacial score (nSPS) is 60.0. The average molecular weight is 124 g/mol. The van der Waals surface area contributed by atoms with Crippen molar-refractivity contribution in [3.05, 3.63) is 0 Å². The van der Waals surface area contributed by atoms with Crippen molar-refractivity contribution in [2.24, 2.45) is 22.7 Å². The minimum Gasteiger partial charge on any atom is -0.0617 e. The summed E-state index contributed by atoms with van der Waals surface area (Å²) >= 11 is 0. The zero-order chi connectivity index (χ0) is 6.86. The van der Waals surface area contributed by atoms with E-state index < -0.39 is 0 Å². The van der Waals surface area contributed by atoms with Crippen LogP contribution in [0.4, 0.5) is 0 Å². The van der Waals surface area contributed by atoms with E-state index in [1.54, 1.807) is 0 Å². The Bertz CT molecular complexity index is 148. The standard InChI is InChI=1S/C9H16/c1-6-7-8(2,3)5-9(6,7)4/h6-7H,5H2,1-4H3. The van der Waals surface area contributed by atoms with Crippen LogP contribution in [0.5, 0.6) is 0 Å². The first kappa shape index (κ1) is 5.76. The third-order valence-corrected chi connectivity index (χ3v) is 3.82. The predicted octanol–water partition coefficient (Wildman–Crippen LogP) is 2.69. The second-order valence-electron chi connectivity index (χ2n) is 4.94. The number of fused-ring (bicyclic) bond motifs is 1. The summed E-state index contributed by atoms with van der Waals surface area (Å²) < 4.78 is 0. The average Bonchev–Trinajstić information content (AvgIpc) is 2.03. The molecule has 3 unspecified atom stereocenters. The van der Waals surface area contributed by atoms with E-state index in [9.17, 15) is 0 Å². The van der Waals surface area contributed by atoms with Crippen molar-refractivity contribution < 1.29 is 0 Å². The zero-order valence-corrected chi connectivity index (χ0v) is 6.86. The summed E-state index contributed by atoms with van der Waals surface area (Å²) in [6.07, 6.45) is 1.46. The second-order valence-corrected chi connectivity index (χ2v) is 4.94.